The first-order valence-electron chi connectivity index (χ1n) is 9.09. The van der Waals surface area contributed by atoms with Crippen LogP contribution in [0.5, 0.6) is 0 Å². The highest BCUT2D eigenvalue weighted by Crippen LogP contribution is 2.29. The van der Waals surface area contributed by atoms with Crippen LogP contribution in [0.15, 0.2) is 18.2 Å². The Hall–Kier alpha value is -1.26. The molecular weight excluding hydrogens is 359 g/mol. The van der Waals surface area contributed by atoms with E-state index >= 15 is 0 Å². The topological polar surface area (TPSA) is 49.4 Å². The average molecular weight is 383 g/mol. The van der Waals surface area contributed by atoms with E-state index in [-0.39, 0.29) is 23.7 Å². The standard InChI is InChI=1S/C19H24Cl2N2O2/c20-15-6-7-16(21)17(12-15)22-18(24)13-8-10-23(11-9-13)19(25)14-4-2-1-3-5-14/h6-7,12-14H,1-5,8-11H2,(H,22,24). The third-order valence-electron chi connectivity index (χ3n) is 5.32. The first kappa shape index (κ1) is 18.5. The molecule has 25 heavy (non-hydrogen) atoms. The quantitative estimate of drug-likeness (QED) is 0.819. The summed E-state index contributed by atoms with van der Waals surface area (Å²) in [6, 6.07) is 5.02. The third kappa shape index (κ3) is 4.68. The minimum Gasteiger partial charge on any atom is -0.342 e. The third-order valence-corrected chi connectivity index (χ3v) is 5.88. The highest BCUT2D eigenvalue weighted by Gasteiger charge is 2.31. The monoisotopic (exact) mass is 382 g/mol. The highest BCUT2D eigenvalue weighted by atomic mass is 35.5. The zero-order valence-corrected chi connectivity index (χ0v) is 15.8. The van der Waals surface area contributed by atoms with E-state index in [0.717, 1.165) is 25.7 Å². The van der Waals surface area contributed by atoms with Crippen LogP contribution < -0.4 is 5.32 Å². The second-order valence-corrected chi connectivity index (χ2v) is 7.89. The molecular formula is C19H24Cl2N2O2. The molecule has 1 aliphatic carbocycles. The number of carbonyl (C=O) groups excluding carboxylic acids is 2. The van der Waals surface area contributed by atoms with Crippen LogP contribution >= 0.6 is 23.2 Å². The van der Waals surface area contributed by atoms with E-state index in [2.05, 4.69) is 5.32 Å². The van der Waals surface area contributed by atoms with Crippen molar-refractivity contribution in [2.75, 3.05) is 18.4 Å². The maximum Gasteiger partial charge on any atom is 0.227 e. The molecule has 2 amide bonds. The molecule has 0 atom stereocenters. The molecule has 1 N–H and O–H groups in total. The molecule has 1 aromatic rings. The summed E-state index contributed by atoms with van der Waals surface area (Å²) in [5.74, 6) is 0.347. The van der Waals surface area contributed by atoms with Crippen molar-refractivity contribution in [2.24, 2.45) is 11.8 Å². The summed E-state index contributed by atoms with van der Waals surface area (Å²) in [4.78, 5) is 27.0. The Bertz CT molecular complexity index is 636. The minimum absolute atomic E-state index is 0.0473. The van der Waals surface area contributed by atoms with E-state index in [9.17, 15) is 9.59 Å². The number of nitrogens with zero attached hydrogens (tertiary/aromatic N) is 1. The first-order chi connectivity index (χ1) is 12.0. The Kier molecular flexibility index (Phi) is 6.24. The number of hydrogen-bond donors (Lipinski definition) is 1. The number of nitrogens with one attached hydrogen (secondary N) is 1. The van der Waals surface area contributed by atoms with E-state index in [0.29, 0.717) is 41.7 Å². The molecule has 1 heterocycles. The van der Waals surface area contributed by atoms with Crippen molar-refractivity contribution in [1.29, 1.82) is 0 Å². The second-order valence-electron chi connectivity index (χ2n) is 7.05. The number of hydrogen-bond acceptors (Lipinski definition) is 2. The Morgan fingerprint density at radius 2 is 1.64 bits per heavy atom. The molecule has 0 aromatic heterocycles. The molecule has 2 aliphatic rings. The van der Waals surface area contributed by atoms with Gasteiger partial charge in [0, 0.05) is 29.9 Å². The lowest BCUT2D eigenvalue weighted by atomic mass is 9.87. The van der Waals surface area contributed by atoms with Gasteiger partial charge in [-0.2, -0.15) is 0 Å². The zero-order chi connectivity index (χ0) is 17.8. The van der Waals surface area contributed by atoms with Gasteiger partial charge in [-0.05, 0) is 43.9 Å². The summed E-state index contributed by atoms with van der Waals surface area (Å²) < 4.78 is 0. The molecule has 4 nitrogen and oxygen atoms in total. The van der Waals surface area contributed by atoms with Crippen LogP contribution in [0.1, 0.15) is 44.9 Å². The highest BCUT2D eigenvalue weighted by molar-refractivity contribution is 6.35. The summed E-state index contributed by atoms with van der Waals surface area (Å²) in [6.45, 7) is 1.33. The molecule has 2 fully saturated rings. The number of amides is 2. The van der Waals surface area contributed by atoms with Crippen LogP contribution in [0.25, 0.3) is 0 Å². The van der Waals surface area contributed by atoms with Gasteiger partial charge in [0.15, 0.2) is 0 Å². The summed E-state index contributed by atoms with van der Waals surface area (Å²) in [6.07, 6.45) is 7.01. The van der Waals surface area contributed by atoms with Gasteiger partial charge in [0.1, 0.15) is 0 Å². The van der Waals surface area contributed by atoms with Crippen molar-refractivity contribution >= 4 is 40.7 Å². The predicted molar refractivity (Wildman–Crippen MR) is 101 cm³/mol. The number of benzene rings is 1. The molecule has 0 radical (unpaired) electrons. The number of carbonyl (C=O) groups is 2. The molecule has 1 saturated heterocycles. The van der Waals surface area contributed by atoms with E-state index in [4.69, 9.17) is 23.2 Å². The van der Waals surface area contributed by atoms with Gasteiger partial charge in [-0.15, -0.1) is 0 Å². The fraction of sp³-hybridized carbons (Fsp3) is 0.579. The Morgan fingerprint density at radius 3 is 2.32 bits per heavy atom. The predicted octanol–water partition coefficient (Wildman–Crippen LogP) is 4.75. The van der Waals surface area contributed by atoms with Crippen LogP contribution in [-0.2, 0) is 9.59 Å². The molecule has 1 aromatic carbocycles. The van der Waals surface area contributed by atoms with Crippen molar-refractivity contribution < 1.29 is 9.59 Å². The number of rotatable bonds is 3. The number of piperidine rings is 1. The van der Waals surface area contributed by atoms with Crippen LogP contribution in [0.3, 0.4) is 0 Å². The van der Waals surface area contributed by atoms with Gasteiger partial charge in [-0.1, -0.05) is 42.5 Å². The minimum atomic E-state index is -0.0922. The molecule has 0 bridgehead atoms. The molecule has 1 saturated carbocycles. The molecule has 0 spiro atoms. The van der Waals surface area contributed by atoms with Crippen molar-refractivity contribution in [3.05, 3.63) is 28.2 Å². The second kappa shape index (κ2) is 8.41. The van der Waals surface area contributed by atoms with Crippen LogP contribution in [0, 0.1) is 11.8 Å². The molecule has 136 valence electrons. The average Bonchev–Trinajstić information content (AvgIpc) is 2.65. The summed E-state index contributed by atoms with van der Waals surface area (Å²) in [5, 5.41) is 3.88. The Labute approximate surface area is 158 Å². The van der Waals surface area contributed by atoms with Crippen LogP contribution in [-0.4, -0.2) is 29.8 Å². The molecule has 3 rings (SSSR count). The molecule has 1 aliphatic heterocycles. The Morgan fingerprint density at radius 1 is 0.960 bits per heavy atom. The van der Waals surface area contributed by atoms with Crippen molar-refractivity contribution in [1.82, 2.24) is 4.90 Å². The van der Waals surface area contributed by atoms with Crippen molar-refractivity contribution in [3.63, 3.8) is 0 Å². The molecule has 6 heteroatoms. The SMILES string of the molecule is O=C(Nc1cc(Cl)ccc1Cl)C1CCN(C(=O)C2CCCCC2)CC1. The fourth-order valence-corrected chi connectivity index (χ4v) is 4.13. The van der Waals surface area contributed by atoms with E-state index in [1.165, 1.54) is 6.42 Å². The fourth-order valence-electron chi connectivity index (χ4n) is 3.80. The van der Waals surface area contributed by atoms with Crippen molar-refractivity contribution in [2.45, 2.75) is 44.9 Å². The van der Waals surface area contributed by atoms with E-state index in [1.54, 1.807) is 18.2 Å². The number of anilines is 1. The van der Waals surface area contributed by atoms with Gasteiger partial charge >= 0.3 is 0 Å². The van der Waals surface area contributed by atoms with Gasteiger partial charge in [-0.25, -0.2) is 0 Å². The maximum atomic E-state index is 12.6. The number of likely N-dealkylation sites (tertiary alicyclic amines) is 1. The van der Waals surface area contributed by atoms with Crippen molar-refractivity contribution in [3.8, 4) is 0 Å². The van der Waals surface area contributed by atoms with Gasteiger partial charge in [0.25, 0.3) is 0 Å². The van der Waals surface area contributed by atoms with E-state index in [1.807, 2.05) is 4.90 Å². The van der Waals surface area contributed by atoms with Crippen LogP contribution in [0.2, 0.25) is 10.0 Å². The summed E-state index contributed by atoms with van der Waals surface area (Å²) in [7, 11) is 0. The van der Waals surface area contributed by atoms with Gasteiger partial charge in [-0.3, -0.25) is 9.59 Å². The number of halogens is 2. The van der Waals surface area contributed by atoms with Gasteiger partial charge in [0.2, 0.25) is 11.8 Å². The van der Waals surface area contributed by atoms with Crippen LogP contribution in [0.4, 0.5) is 5.69 Å². The largest absolute Gasteiger partial charge is 0.342 e. The summed E-state index contributed by atoms with van der Waals surface area (Å²) in [5.41, 5.74) is 0.542. The first-order valence-corrected chi connectivity index (χ1v) is 9.85. The normalized spacial score (nSPS) is 19.7. The zero-order valence-electron chi connectivity index (χ0n) is 14.3. The lowest BCUT2D eigenvalue weighted by Crippen LogP contribution is -2.44. The Balaban J connectivity index is 1.52. The van der Waals surface area contributed by atoms with E-state index < -0.39 is 0 Å². The lowest BCUT2D eigenvalue weighted by molar-refractivity contribution is -0.139. The van der Waals surface area contributed by atoms with Gasteiger partial charge in [0.05, 0.1) is 10.7 Å². The maximum absolute atomic E-state index is 12.6. The molecule has 0 unspecified atom stereocenters. The smallest absolute Gasteiger partial charge is 0.227 e. The summed E-state index contributed by atoms with van der Waals surface area (Å²) >= 11 is 12.1. The lowest BCUT2D eigenvalue weighted by Gasteiger charge is -2.34. The van der Waals surface area contributed by atoms with Gasteiger partial charge < -0.3 is 10.2 Å².